The van der Waals surface area contributed by atoms with Gasteiger partial charge in [0.2, 0.25) is 0 Å². The summed E-state index contributed by atoms with van der Waals surface area (Å²) in [6, 6.07) is 27.4. The molecule has 1 atom stereocenters. The number of anilines is 1. The van der Waals surface area contributed by atoms with Crippen molar-refractivity contribution in [3.05, 3.63) is 107 Å². The van der Waals surface area contributed by atoms with Gasteiger partial charge in [-0.2, -0.15) is 5.26 Å². The summed E-state index contributed by atoms with van der Waals surface area (Å²) in [6.45, 7) is 2.65. The molecule has 5 heteroatoms. The highest BCUT2D eigenvalue weighted by molar-refractivity contribution is 6.13. The molecule has 5 nitrogen and oxygen atoms in total. The highest BCUT2D eigenvalue weighted by atomic mass is 16.1. The van der Waals surface area contributed by atoms with Crippen LogP contribution in [0.1, 0.15) is 32.7 Å². The van der Waals surface area contributed by atoms with E-state index in [1.54, 1.807) is 18.2 Å². The molecule has 1 amide bonds. The van der Waals surface area contributed by atoms with Gasteiger partial charge in [-0.25, -0.2) is 0 Å². The average molecular weight is 420 g/mol. The molecule has 0 saturated heterocycles. The number of fused-ring (bicyclic) bond motifs is 2. The van der Waals surface area contributed by atoms with Crippen molar-refractivity contribution in [2.75, 3.05) is 11.9 Å². The second-order valence-electron chi connectivity index (χ2n) is 8.17. The van der Waals surface area contributed by atoms with Crippen LogP contribution in [0.3, 0.4) is 0 Å². The summed E-state index contributed by atoms with van der Waals surface area (Å²) in [7, 11) is 0. The maximum absolute atomic E-state index is 13.5. The van der Waals surface area contributed by atoms with Crippen molar-refractivity contribution < 1.29 is 9.69 Å². The molecule has 0 radical (unpaired) electrons. The number of rotatable bonds is 4. The summed E-state index contributed by atoms with van der Waals surface area (Å²) in [5.74, 6) is -0.157. The Morgan fingerprint density at radius 1 is 1.03 bits per heavy atom. The highest BCUT2D eigenvalue weighted by Crippen LogP contribution is 2.26. The molecule has 0 bridgehead atoms. The normalized spacial score (nSPS) is 15.0. The number of amides is 1. The Hall–Kier alpha value is -4.01. The highest BCUT2D eigenvalue weighted by Gasteiger charge is 2.28. The van der Waals surface area contributed by atoms with Crippen LogP contribution in [-0.4, -0.2) is 17.4 Å². The molecule has 2 heterocycles. The molecule has 1 aliphatic heterocycles. The van der Waals surface area contributed by atoms with Crippen molar-refractivity contribution in [1.29, 1.82) is 5.26 Å². The third kappa shape index (κ3) is 3.96. The zero-order valence-electron chi connectivity index (χ0n) is 17.6. The number of hydrogen-bond acceptors (Lipinski definition) is 3. The fourth-order valence-electron chi connectivity index (χ4n) is 4.49. The van der Waals surface area contributed by atoms with Crippen LogP contribution in [0, 0.1) is 11.3 Å². The molecule has 0 spiro atoms. The van der Waals surface area contributed by atoms with Gasteiger partial charge in [-0.1, -0.05) is 54.6 Å². The van der Waals surface area contributed by atoms with Crippen LogP contribution < -0.4 is 10.2 Å². The number of quaternary nitrogens is 1. The molecule has 5 rings (SSSR count). The number of aromatic nitrogens is 1. The summed E-state index contributed by atoms with van der Waals surface area (Å²) in [4.78, 5) is 19.8. The molecular formula is C27H23N4O+. The van der Waals surface area contributed by atoms with Gasteiger partial charge in [0.1, 0.15) is 13.1 Å². The molecule has 1 unspecified atom stereocenters. The van der Waals surface area contributed by atoms with Crippen molar-refractivity contribution >= 4 is 22.5 Å². The molecule has 0 fully saturated rings. The fraction of sp³-hybridized carbons (Fsp3) is 0.148. The Balaban J connectivity index is 1.53. The van der Waals surface area contributed by atoms with Gasteiger partial charge < -0.3 is 10.2 Å². The Labute approximate surface area is 186 Å². The van der Waals surface area contributed by atoms with E-state index in [2.05, 4.69) is 35.7 Å². The van der Waals surface area contributed by atoms with Gasteiger partial charge >= 0.3 is 0 Å². The molecule has 3 aromatic carbocycles. The predicted octanol–water partition coefficient (Wildman–Crippen LogP) is 3.50. The van der Waals surface area contributed by atoms with Crippen LogP contribution in [0.4, 0.5) is 5.69 Å². The Morgan fingerprint density at radius 2 is 1.84 bits per heavy atom. The maximum atomic E-state index is 13.5. The predicted molar refractivity (Wildman–Crippen MR) is 124 cm³/mol. The van der Waals surface area contributed by atoms with E-state index in [0.717, 1.165) is 48.2 Å². The second-order valence-corrected chi connectivity index (χ2v) is 8.17. The Kier molecular flexibility index (Phi) is 5.37. The lowest BCUT2D eigenvalue weighted by atomic mass is 9.94. The van der Waals surface area contributed by atoms with E-state index in [-0.39, 0.29) is 5.91 Å². The minimum absolute atomic E-state index is 0.157. The number of nitriles is 1. The van der Waals surface area contributed by atoms with E-state index in [9.17, 15) is 10.1 Å². The summed E-state index contributed by atoms with van der Waals surface area (Å²) >= 11 is 0. The van der Waals surface area contributed by atoms with Gasteiger partial charge in [0, 0.05) is 28.6 Å². The lowest BCUT2D eigenvalue weighted by Gasteiger charge is -2.27. The first kappa shape index (κ1) is 19.9. The third-order valence-electron chi connectivity index (χ3n) is 5.99. The Bertz CT molecular complexity index is 1340. The van der Waals surface area contributed by atoms with Crippen molar-refractivity contribution in [3.63, 3.8) is 0 Å². The van der Waals surface area contributed by atoms with Gasteiger partial charge in [-0.3, -0.25) is 9.78 Å². The molecule has 0 saturated carbocycles. The third-order valence-corrected chi connectivity index (χ3v) is 5.99. The van der Waals surface area contributed by atoms with E-state index in [4.69, 9.17) is 4.98 Å². The van der Waals surface area contributed by atoms with E-state index < -0.39 is 0 Å². The number of para-hydroxylation sites is 1. The van der Waals surface area contributed by atoms with Crippen LogP contribution in [0.15, 0.2) is 78.9 Å². The first-order chi connectivity index (χ1) is 15.7. The van der Waals surface area contributed by atoms with Gasteiger partial charge in [-0.05, 0) is 24.3 Å². The van der Waals surface area contributed by atoms with Gasteiger partial charge in [0.15, 0.2) is 0 Å². The summed E-state index contributed by atoms with van der Waals surface area (Å²) in [5, 5.41) is 13.1. The number of hydrogen-bond donors (Lipinski definition) is 2. The molecule has 156 valence electrons. The summed E-state index contributed by atoms with van der Waals surface area (Å²) in [5.41, 5.74) is 5.99. The maximum Gasteiger partial charge on any atom is 0.256 e. The lowest BCUT2D eigenvalue weighted by Crippen LogP contribution is -3.10. The molecular weight excluding hydrogens is 396 g/mol. The van der Waals surface area contributed by atoms with Crippen LogP contribution in [0.5, 0.6) is 0 Å². The van der Waals surface area contributed by atoms with Gasteiger partial charge in [0.25, 0.3) is 5.91 Å². The van der Waals surface area contributed by atoms with Crippen LogP contribution in [0.25, 0.3) is 10.9 Å². The topological polar surface area (TPSA) is 70.2 Å². The van der Waals surface area contributed by atoms with Crippen LogP contribution in [0.2, 0.25) is 0 Å². The molecule has 1 aromatic heterocycles. The van der Waals surface area contributed by atoms with Crippen molar-refractivity contribution in [2.24, 2.45) is 0 Å². The molecule has 4 aromatic rings. The first-order valence-corrected chi connectivity index (χ1v) is 10.8. The SMILES string of the molecule is N#Cc1cccc(NC(=O)c2c3c(nc4ccccc24)CC[NH+](Cc2ccccc2)C3)c1. The largest absolute Gasteiger partial charge is 0.327 e. The number of benzene rings is 3. The summed E-state index contributed by atoms with van der Waals surface area (Å²) < 4.78 is 0. The number of pyridine rings is 1. The van der Waals surface area contributed by atoms with E-state index >= 15 is 0 Å². The number of carbonyl (C=O) groups is 1. The van der Waals surface area contributed by atoms with Gasteiger partial charge in [0.05, 0.1) is 35.0 Å². The molecule has 1 aliphatic rings. The minimum atomic E-state index is -0.157. The van der Waals surface area contributed by atoms with Crippen LogP contribution >= 0.6 is 0 Å². The average Bonchev–Trinajstić information content (AvgIpc) is 2.83. The number of nitrogens with zero attached hydrogens (tertiary/aromatic N) is 2. The van der Waals surface area contributed by atoms with E-state index in [0.29, 0.717) is 16.8 Å². The van der Waals surface area contributed by atoms with Crippen LogP contribution in [-0.2, 0) is 19.5 Å². The van der Waals surface area contributed by atoms with Gasteiger partial charge in [-0.15, -0.1) is 0 Å². The monoisotopic (exact) mass is 419 g/mol. The zero-order valence-corrected chi connectivity index (χ0v) is 17.6. The summed E-state index contributed by atoms with van der Waals surface area (Å²) in [6.07, 6.45) is 0.840. The first-order valence-electron chi connectivity index (χ1n) is 10.8. The molecule has 32 heavy (non-hydrogen) atoms. The number of carbonyl (C=O) groups excluding carboxylic acids is 1. The zero-order chi connectivity index (χ0) is 21.9. The van der Waals surface area contributed by atoms with E-state index in [1.807, 2.05) is 36.4 Å². The standard InChI is InChI=1S/C27H22N4O/c28-16-20-9-6-10-21(15-20)29-27(32)26-22-11-4-5-12-24(22)30-25-13-14-31(18-23(25)26)17-19-7-2-1-3-8-19/h1-12,15H,13-14,17-18H2,(H,29,32)/p+1. The second kappa shape index (κ2) is 8.62. The Morgan fingerprint density at radius 3 is 2.69 bits per heavy atom. The van der Waals surface area contributed by atoms with Crippen molar-refractivity contribution in [3.8, 4) is 6.07 Å². The number of nitrogens with one attached hydrogen (secondary N) is 2. The van der Waals surface area contributed by atoms with Crippen molar-refractivity contribution in [2.45, 2.75) is 19.5 Å². The minimum Gasteiger partial charge on any atom is -0.327 e. The quantitative estimate of drug-likeness (QED) is 0.532. The molecule has 2 N–H and O–H groups in total. The lowest BCUT2D eigenvalue weighted by molar-refractivity contribution is -0.929. The molecule has 0 aliphatic carbocycles. The van der Waals surface area contributed by atoms with E-state index in [1.165, 1.54) is 10.5 Å². The van der Waals surface area contributed by atoms with Crippen molar-refractivity contribution in [1.82, 2.24) is 4.98 Å². The smallest absolute Gasteiger partial charge is 0.256 e. The fourth-order valence-corrected chi connectivity index (χ4v) is 4.49.